The molecular formula is C22H28ClN3O4S. The fourth-order valence-corrected chi connectivity index (χ4v) is 4.46. The molecule has 0 saturated heterocycles. The Labute approximate surface area is 189 Å². The van der Waals surface area contributed by atoms with Crippen molar-refractivity contribution in [2.45, 2.75) is 37.8 Å². The van der Waals surface area contributed by atoms with E-state index in [-0.39, 0.29) is 17.3 Å². The molecule has 31 heavy (non-hydrogen) atoms. The summed E-state index contributed by atoms with van der Waals surface area (Å²) in [6.45, 7) is 3.54. The highest BCUT2D eigenvalue weighted by atomic mass is 35.5. The Hall–Kier alpha value is -2.42. The number of halogens is 1. The van der Waals surface area contributed by atoms with Gasteiger partial charge in [0.15, 0.2) is 0 Å². The van der Waals surface area contributed by atoms with E-state index in [1.54, 1.807) is 0 Å². The second kappa shape index (κ2) is 10.7. The average Bonchev–Trinajstić information content (AvgIpc) is 2.74. The molecule has 2 aromatic rings. The summed E-state index contributed by atoms with van der Waals surface area (Å²) in [6, 6.07) is 12.6. The van der Waals surface area contributed by atoms with Crippen LogP contribution in [0.15, 0.2) is 53.4 Å². The standard InChI is InChI=1S/C22H28ClN3O4S/c1-5-20(22(28)24-3)26(14-17-9-7-6-8-16(17)2)21(27)15-25(4)31(29,30)19-12-10-18(23)11-13-19/h6-13,20H,5,14-15H2,1-4H3,(H,24,28)/t20-/m0/s1. The zero-order valence-electron chi connectivity index (χ0n) is 18.1. The number of amides is 2. The number of carbonyl (C=O) groups is 2. The predicted molar refractivity (Wildman–Crippen MR) is 121 cm³/mol. The Kier molecular flexibility index (Phi) is 8.61. The first kappa shape index (κ1) is 24.8. The number of nitrogens with one attached hydrogen (secondary N) is 1. The smallest absolute Gasteiger partial charge is 0.243 e. The van der Waals surface area contributed by atoms with E-state index < -0.39 is 28.5 Å². The summed E-state index contributed by atoms with van der Waals surface area (Å²) in [5.41, 5.74) is 1.87. The van der Waals surface area contributed by atoms with Gasteiger partial charge in [0.05, 0.1) is 11.4 Å². The maximum absolute atomic E-state index is 13.2. The minimum Gasteiger partial charge on any atom is -0.357 e. The molecule has 7 nitrogen and oxygen atoms in total. The van der Waals surface area contributed by atoms with Crippen LogP contribution in [0, 0.1) is 6.92 Å². The summed E-state index contributed by atoms with van der Waals surface area (Å²) in [5.74, 6) is -0.758. The number of aryl methyl sites for hydroxylation is 1. The summed E-state index contributed by atoms with van der Waals surface area (Å²) >= 11 is 5.84. The van der Waals surface area contributed by atoms with Gasteiger partial charge in [0.2, 0.25) is 21.8 Å². The molecule has 0 radical (unpaired) electrons. The molecule has 168 valence electrons. The predicted octanol–water partition coefficient (Wildman–Crippen LogP) is 2.82. The number of benzene rings is 2. The Morgan fingerprint density at radius 1 is 1.10 bits per heavy atom. The van der Waals surface area contributed by atoms with Gasteiger partial charge in [0, 0.05) is 25.7 Å². The molecule has 0 aliphatic rings. The van der Waals surface area contributed by atoms with Crippen LogP contribution in [0.3, 0.4) is 0 Å². The van der Waals surface area contributed by atoms with Gasteiger partial charge in [0.25, 0.3) is 0 Å². The van der Waals surface area contributed by atoms with Crippen LogP contribution in [0.4, 0.5) is 0 Å². The minimum atomic E-state index is -3.90. The van der Waals surface area contributed by atoms with E-state index >= 15 is 0 Å². The lowest BCUT2D eigenvalue weighted by Gasteiger charge is -2.32. The van der Waals surface area contributed by atoms with Crippen LogP contribution in [0.25, 0.3) is 0 Å². The molecule has 0 spiro atoms. The summed E-state index contributed by atoms with van der Waals surface area (Å²) in [4.78, 5) is 27.2. The quantitative estimate of drug-likeness (QED) is 0.617. The third-order valence-corrected chi connectivity index (χ3v) is 7.18. The largest absolute Gasteiger partial charge is 0.357 e. The van der Waals surface area contributed by atoms with Crippen molar-refractivity contribution in [1.29, 1.82) is 0 Å². The van der Waals surface area contributed by atoms with Crippen molar-refractivity contribution in [3.8, 4) is 0 Å². The highest BCUT2D eigenvalue weighted by Gasteiger charge is 2.31. The molecule has 0 fully saturated rings. The monoisotopic (exact) mass is 465 g/mol. The minimum absolute atomic E-state index is 0.0380. The Morgan fingerprint density at radius 2 is 1.71 bits per heavy atom. The fraction of sp³-hybridized carbons (Fsp3) is 0.364. The number of nitrogens with zero attached hydrogens (tertiary/aromatic N) is 2. The maximum atomic E-state index is 13.2. The number of sulfonamides is 1. The molecular weight excluding hydrogens is 438 g/mol. The van der Waals surface area contributed by atoms with Gasteiger partial charge in [-0.25, -0.2) is 8.42 Å². The number of hydrogen-bond acceptors (Lipinski definition) is 4. The molecule has 0 aliphatic heterocycles. The first-order valence-corrected chi connectivity index (χ1v) is 11.7. The summed E-state index contributed by atoms with van der Waals surface area (Å²) < 4.78 is 26.7. The van der Waals surface area contributed by atoms with Crippen LogP contribution in [0.1, 0.15) is 24.5 Å². The molecule has 9 heteroatoms. The van der Waals surface area contributed by atoms with Gasteiger partial charge in [-0.1, -0.05) is 42.8 Å². The summed E-state index contributed by atoms with van der Waals surface area (Å²) in [7, 11) is -1.04. The third-order valence-electron chi connectivity index (χ3n) is 5.11. The number of carbonyl (C=O) groups excluding carboxylic acids is 2. The van der Waals surface area contributed by atoms with Crippen molar-refractivity contribution in [2.75, 3.05) is 20.6 Å². The molecule has 0 aliphatic carbocycles. The second-order valence-corrected chi connectivity index (χ2v) is 9.68. The fourth-order valence-electron chi connectivity index (χ4n) is 3.21. The molecule has 0 bridgehead atoms. The van der Waals surface area contributed by atoms with Crippen molar-refractivity contribution in [3.63, 3.8) is 0 Å². The van der Waals surface area contributed by atoms with Crippen molar-refractivity contribution in [1.82, 2.24) is 14.5 Å². The third kappa shape index (κ3) is 6.06. The lowest BCUT2D eigenvalue weighted by molar-refractivity contribution is -0.141. The summed E-state index contributed by atoms with van der Waals surface area (Å²) in [6.07, 6.45) is 0.394. The molecule has 2 amide bonds. The van der Waals surface area contributed by atoms with Gasteiger partial charge in [-0.05, 0) is 48.7 Å². The van der Waals surface area contributed by atoms with E-state index in [4.69, 9.17) is 11.6 Å². The molecule has 0 aromatic heterocycles. The first-order chi connectivity index (χ1) is 14.6. The van der Waals surface area contributed by atoms with E-state index in [9.17, 15) is 18.0 Å². The van der Waals surface area contributed by atoms with Crippen molar-refractivity contribution in [3.05, 3.63) is 64.7 Å². The summed E-state index contributed by atoms with van der Waals surface area (Å²) in [5, 5.41) is 3.00. The Bertz CT molecular complexity index is 1030. The lowest BCUT2D eigenvalue weighted by Crippen LogP contribution is -2.51. The van der Waals surface area contributed by atoms with E-state index in [0.29, 0.717) is 11.4 Å². The SMILES string of the molecule is CC[C@@H](C(=O)NC)N(Cc1ccccc1C)C(=O)CN(C)S(=O)(=O)c1ccc(Cl)cc1. The van der Waals surface area contributed by atoms with Crippen LogP contribution in [-0.2, 0) is 26.2 Å². The van der Waals surface area contributed by atoms with Gasteiger partial charge in [-0.2, -0.15) is 4.31 Å². The average molecular weight is 466 g/mol. The zero-order valence-corrected chi connectivity index (χ0v) is 19.7. The maximum Gasteiger partial charge on any atom is 0.243 e. The van der Waals surface area contributed by atoms with Gasteiger partial charge < -0.3 is 10.2 Å². The Morgan fingerprint density at radius 3 is 2.26 bits per heavy atom. The Balaban J connectivity index is 2.32. The van der Waals surface area contributed by atoms with Gasteiger partial charge in [0.1, 0.15) is 6.04 Å². The number of likely N-dealkylation sites (N-methyl/N-ethyl adjacent to an activating group) is 2. The van der Waals surface area contributed by atoms with Crippen molar-refractivity contribution >= 4 is 33.4 Å². The zero-order chi connectivity index (χ0) is 23.2. The highest BCUT2D eigenvalue weighted by molar-refractivity contribution is 7.89. The normalized spacial score (nSPS) is 12.5. The topological polar surface area (TPSA) is 86.8 Å². The number of hydrogen-bond donors (Lipinski definition) is 1. The van der Waals surface area contributed by atoms with Crippen LogP contribution in [0.5, 0.6) is 0 Å². The van der Waals surface area contributed by atoms with Crippen LogP contribution >= 0.6 is 11.6 Å². The molecule has 2 rings (SSSR count). The van der Waals surface area contributed by atoms with Gasteiger partial charge >= 0.3 is 0 Å². The van der Waals surface area contributed by atoms with E-state index in [1.807, 2.05) is 38.1 Å². The van der Waals surface area contributed by atoms with E-state index in [0.717, 1.165) is 15.4 Å². The van der Waals surface area contributed by atoms with Crippen LogP contribution in [0.2, 0.25) is 5.02 Å². The lowest BCUT2D eigenvalue weighted by atomic mass is 10.1. The van der Waals surface area contributed by atoms with E-state index in [2.05, 4.69) is 5.32 Å². The second-order valence-electron chi connectivity index (χ2n) is 7.20. The van der Waals surface area contributed by atoms with Crippen LogP contribution < -0.4 is 5.32 Å². The molecule has 0 saturated carbocycles. The molecule has 1 N–H and O–H groups in total. The van der Waals surface area contributed by atoms with Crippen molar-refractivity contribution in [2.24, 2.45) is 0 Å². The van der Waals surface area contributed by atoms with Crippen LogP contribution in [-0.4, -0.2) is 56.1 Å². The number of rotatable bonds is 9. The van der Waals surface area contributed by atoms with E-state index in [1.165, 1.54) is 43.3 Å². The highest BCUT2D eigenvalue weighted by Crippen LogP contribution is 2.19. The van der Waals surface area contributed by atoms with Gasteiger partial charge in [-0.15, -0.1) is 0 Å². The molecule has 1 atom stereocenters. The first-order valence-electron chi connectivity index (χ1n) is 9.89. The molecule has 2 aromatic carbocycles. The van der Waals surface area contributed by atoms with Gasteiger partial charge in [-0.3, -0.25) is 9.59 Å². The molecule has 0 unspecified atom stereocenters. The molecule has 0 heterocycles. The van der Waals surface area contributed by atoms with Crippen molar-refractivity contribution < 1.29 is 18.0 Å².